The van der Waals surface area contributed by atoms with Gasteiger partial charge in [0, 0.05) is 6.61 Å². The molecule has 0 aromatic rings. The van der Waals surface area contributed by atoms with E-state index in [0.29, 0.717) is 11.8 Å². The molecule has 0 aromatic carbocycles. The van der Waals surface area contributed by atoms with Gasteiger partial charge >= 0.3 is 0 Å². The van der Waals surface area contributed by atoms with E-state index in [0.717, 1.165) is 6.61 Å². The molecule has 1 heteroatoms. The smallest absolute Gasteiger partial charge is 0.0598 e. The van der Waals surface area contributed by atoms with Gasteiger partial charge < -0.3 is 4.74 Å². The first-order chi connectivity index (χ1) is 6.81. The molecule has 0 fully saturated rings. The Morgan fingerprint density at radius 3 is 2.20 bits per heavy atom. The van der Waals surface area contributed by atoms with Crippen LogP contribution in [0.4, 0.5) is 0 Å². The molecule has 0 rings (SSSR count). The Labute approximate surface area is 95.9 Å². The monoisotopic (exact) mass is 212 g/mol. The second kappa shape index (κ2) is 7.05. The molecule has 0 heterocycles. The minimum atomic E-state index is 0.00202. The Bertz CT molecular complexity index is 174. The summed E-state index contributed by atoms with van der Waals surface area (Å²) in [6.45, 7) is 13.9. The van der Waals surface area contributed by atoms with Crippen molar-refractivity contribution in [3.8, 4) is 0 Å². The number of rotatable bonds is 6. The Morgan fingerprint density at radius 1 is 1.13 bits per heavy atom. The van der Waals surface area contributed by atoms with Crippen molar-refractivity contribution in [1.29, 1.82) is 0 Å². The van der Waals surface area contributed by atoms with Gasteiger partial charge in [0.15, 0.2) is 0 Å². The zero-order chi connectivity index (χ0) is 11.9. The number of hydrogen-bond acceptors (Lipinski definition) is 1. The highest BCUT2D eigenvalue weighted by atomic mass is 16.5. The summed E-state index contributed by atoms with van der Waals surface area (Å²) in [5.41, 5.74) is 0.00202. The fraction of sp³-hybridized carbons (Fsp3) is 0.857. The molecule has 0 radical (unpaired) electrons. The minimum absolute atomic E-state index is 0.00202. The van der Waals surface area contributed by atoms with Crippen LogP contribution in [-0.2, 0) is 4.74 Å². The van der Waals surface area contributed by atoms with Crippen molar-refractivity contribution in [1.82, 2.24) is 0 Å². The van der Waals surface area contributed by atoms with Crippen molar-refractivity contribution in [3.05, 3.63) is 12.2 Å². The molecular weight excluding hydrogens is 184 g/mol. The average Bonchev–Trinajstić information content (AvgIpc) is 2.07. The second-order valence-corrected chi connectivity index (χ2v) is 5.78. The molecule has 0 bridgehead atoms. The van der Waals surface area contributed by atoms with Crippen LogP contribution in [0, 0.1) is 11.8 Å². The molecule has 0 aliphatic rings. The van der Waals surface area contributed by atoms with E-state index in [9.17, 15) is 0 Å². The Morgan fingerprint density at radius 2 is 1.73 bits per heavy atom. The summed E-state index contributed by atoms with van der Waals surface area (Å²) in [4.78, 5) is 0. The van der Waals surface area contributed by atoms with Gasteiger partial charge in [0.1, 0.15) is 0 Å². The normalized spacial score (nSPS) is 15.1. The summed E-state index contributed by atoms with van der Waals surface area (Å²) in [5, 5.41) is 0. The molecule has 0 amide bonds. The van der Waals surface area contributed by atoms with Crippen LogP contribution in [-0.4, -0.2) is 12.2 Å². The molecule has 0 saturated heterocycles. The molecule has 0 spiro atoms. The van der Waals surface area contributed by atoms with E-state index in [1.807, 2.05) is 0 Å². The van der Waals surface area contributed by atoms with Crippen LogP contribution in [0.3, 0.4) is 0 Å². The van der Waals surface area contributed by atoms with Crippen molar-refractivity contribution in [2.24, 2.45) is 11.8 Å². The highest BCUT2D eigenvalue weighted by molar-refractivity contribution is 4.84. The topological polar surface area (TPSA) is 9.23 Å². The van der Waals surface area contributed by atoms with Crippen molar-refractivity contribution in [2.75, 3.05) is 6.61 Å². The first-order valence-electron chi connectivity index (χ1n) is 6.12. The molecule has 0 aliphatic heterocycles. The third-order valence-electron chi connectivity index (χ3n) is 2.15. The third kappa shape index (κ3) is 11.6. The summed E-state index contributed by atoms with van der Waals surface area (Å²) in [6.07, 6.45) is 6.96. The molecule has 0 N–H and O–H groups in total. The predicted molar refractivity (Wildman–Crippen MR) is 68.1 cm³/mol. The summed E-state index contributed by atoms with van der Waals surface area (Å²) >= 11 is 0. The molecule has 1 atom stereocenters. The first kappa shape index (κ1) is 14.7. The first-order valence-corrected chi connectivity index (χ1v) is 6.12. The van der Waals surface area contributed by atoms with Gasteiger partial charge in [0.25, 0.3) is 0 Å². The van der Waals surface area contributed by atoms with E-state index in [4.69, 9.17) is 4.74 Å². The lowest BCUT2D eigenvalue weighted by Crippen LogP contribution is -2.22. The van der Waals surface area contributed by atoms with E-state index in [-0.39, 0.29) is 5.60 Å². The maximum atomic E-state index is 5.75. The lowest BCUT2D eigenvalue weighted by Gasteiger charge is -2.22. The Hall–Kier alpha value is -0.300. The highest BCUT2D eigenvalue weighted by Gasteiger charge is 2.11. The van der Waals surface area contributed by atoms with E-state index in [1.165, 1.54) is 12.8 Å². The van der Waals surface area contributed by atoms with E-state index < -0.39 is 0 Å². The average molecular weight is 212 g/mol. The van der Waals surface area contributed by atoms with Gasteiger partial charge in [-0.25, -0.2) is 0 Å². The maximum Gasteiger partial charge on any atom is 0.0598 e. The van der Waals surface area contributed by atoms with Crippen LogP contribution in [0.2, 0.25) is 0 Å². The van der Waals surface area contributed by atoms with Gasteiger partial charge in [-0.2, -0.15) is 0 Å². The quantitative estimate of drug-likeness (QED) is 0.592. The minimum Gasteiger partial charge on any atom is -0.376 e. The van der Waals surface area contributed by atoms with E-state index in [1.54, 1.807) is 0 Å². The van der Waals surface area contributed by atoms with Crippen LogP contribution < -0.4 is 0 Å². The molecule has 0 aromatic heterocycles. The molecule has 0 unspecified atom stereocenters. The second-order valence-electron chi connectivity index (χ2n) is 5.78. The van der Waals surface area contributed by atoms with Gasteiger partial charge in [-0.3, -0.25) is 0 Å². The third-order valence-corrected chi connectivity index (χ3v) is 2.15. The molecule has 0 aliphatic carbocycles. The number of allylic oxidation sites excluding steroid dienone is 2. The van der Waals surface area contributed by atoms with Crippen molar-refractivity contribution in [3.63, 3.8) is 0 Å². The van der Waals surface area contributed by atoms with E-state index in [2.05, 4.69) is 53.7 Å². The highest BCUT2D eigenvalue weighted by Crippen LogP contribution is 2.13. The van der Waals surface area contributed by atoms with Crippen LogP contribution in [0.15, 0.2) is 12.2 Å². The zero-order valence-electron chi connectivity index (χ0n) is 11.3. The van der Waals surface area contributed by atoms with Crippen molar-refractivity contribution >= 4 is 0 Å². The summed E-state index contributed by atoms with van der Waals surface area (Å²) < 4.78 is 5.75. The fourth-order valence-corrected chi connectivity index (χ4v) is 1.22. The van der Waals surface area contributed by atoms with Crippen molar-refractivity contribution in [2.45, 2.75) is 60.0 Å². The van der Waals surface area contributed by atoms with E-state index >= 15 is 0 Å². The lowest BCUT2D eigenvalue weighted by atomic mass is 10.0. The van der Waals surface area contributed by atoms with Crippen molar-refractivity contribution < 1.29 is 4.74 Å². The summed E-state index contributed by atoms with van der Waals surface area (Å²) in [5.74, 6) is 1.33. The molecule has 90 valence electrons. The van der Waals surface area contributed by atoms with Crippen LogP contribution in [0.1, 0.15) is 54.4 Å². The van der Waals surface area contributed by atoms with Gasteiger partial charge in [-0.15, -0.1) is 0 Å². The van der Waals surface area contributed by atoms with Crippen LogP contribution >= 0.6 is 0 Å². The predicted octanol–water partition coefficient (Wildman–Crippen LogP) is 4.43. The lowest BCUT2D eigenvalue weighted by molar-refractivity contribution is -0.0204. The fourth-order valence-electron chi connectivity index (χ4n) is 1.22. The largest absolute Gasteiger partial charge is 0.376 e. The standard InChI is InChI=1S/C14H28O/c1-12(2)9-7-8-10-13(3)11-15-14(4,5)6/h7,9,12-13H,8,10-11H2,1-6H3/b9-7+/t13-/m0/s1. The molecule has 15 heavy (non-hydrogen) atoms. The molecule has 1 nitrogen and oxygen atoms in total. The Kier molecular flexibility index (Phi) is 6.91. The molecule has 0 saturated carbocycles. The van der Waals surface area contributed by atoms with Crippen LogP contribution in [0.5, 0.6) is 0 Å². The maximum absolute atomic E-state index is 5.75. The Balaban J connectivity index is 3.54. The SMILES string of the molecule is CC(C)/C=C/CC[C@H](C)COC(C)(C)C. The number of hydrogen-bond donors (Lipinski definition) is 0. The summed E-state index contributed by atoms with van der Waals surface area (Å²) in [7, 11) is 0. The molecular formula is C14H28O. The van der Waals surface area contributed by atoms with Gasteiger partial charge in [-0.1, -0.05) is 32.9 Å². The van der Waals surface area contributed by atoms with Gasteiger partial charge in [-0.05, 0) is 45.4 Å². The summed E-state index contributed by atoms with van der Waals surface area (Å²) in [6, 6.07) is 0. The zero-order valence-corrected chi connectivity index (χ0v) is 11.3. The van der Waals surface area contributed by atoms with Crippen LogP contribution in [0.25, 0.3) is 0 Å². The number of ether oxygens (including phenoxy) is 1. The van der Waals surface area contributed by atoms with Gasteiger partial charge in [0.2, 0.25) is 0 Å². The van der Waals surface area contributed by atoms with Gasteiger partial charge in [0.05, 0.1) is 5.60 Å².